The maximum absolute atomic E-state index is 12.3. The Morgan fingerprint density at radius 2 is 1.85 bits per heavy atom. The summed E-state index contributed by atoms with van der Waals surface area (Å²) in [7, 11) is 0. The van der Waals surface area contributed by atoms with Crippen molar-refractivity contribution in [3.05, 3.63) is 29.8 Å². The molecule has 0 fully saturated rings. The van der Waals surface area contributed by atoms with Crippen molar-refractivity contribution >= 4 is 5.91 Å². The summed E-state index contributed by atoms with van der Waals surface area (Å²) < 4.78 is 5.90. The van der Waals surface area contributed by atoms with Crippen molar-refractivity contribution in [1.82, 2.24) is 5.32 Å². The summed E-state index contributed by atoms with van der Waals surface area (Å²) in [6, 6.07) is 7.70. The van der Waals surface area contributed by atoms with Crippen molar-refractivity contribution in [3.8, 4) is 5.75 Å². The minimum absolute atomic E-state index is 0.0435. The lowest BCUT2D eigenvalue weighted by molar-refractivity contribution is 0.0927. The molecular weight excluding hydrogens is 250 g/mol. The molecule has 0 saturated heterocycles. The number of benzene rings is 1. The topological polar surface area (TPSA) is 38.3 Å². The third-order valence-corrected chi connectivity index (χ3v) is 3.48. The van der Waals surface area contributed by atoms with Gasteiger partial charge in [0.05, 0.1) is 11.7 Å². The van der Waals surface area contributed by atoms with Gasteiger partial charge in [0.15, 0.2) is 0 Å². The number of amides is 1. The molecule has 112 valence electrons. The smallest absolute Gasteiger partial charge is 0.255 e. The van der Waals surface area contributed by atoms with E-state index in [0.29, 0.717) is 11.3 Å². The first-order valence-electron chi connectivity index (χ1n) is 7.68. The zero-order valence-corrected chi connectivity index (χ0v) is 13.1. The monoisotopic (exact) mass is 277 g/mol. The second kappa shape index (κ2) is 8.62. The van der Waals surface area contributed by atoms with E-state index >= 15 is 0 Å². The van der Waals surface area contributed by atoms with Gasteiger partial charge >= 0.3 is 0 Å². The van der Waals surface area contributed by atoms with E-state index in [1.807, 2.05) is 31.2 Å². The molecule has 3 nitrogen and oxygen atoms in total. The standard InChI is InChI=1S/C17H27NO2/c1-5-10-13(4)20-16-12-9-8-11-15(16)17(19)18-14(6-2)7-3/h8-9,11-14H,5-7,10H2,1-4H3,(H,18,19)/t13-/m0/s1. The van der Waals surface area contributed by atoms with Crippen LogP contribution in [-0.2, 0) is 0 Å². The average molecular weight is 277 g/mol. The molecule has 0 heterocycles. The Bertz CT molecular complexity index is 413. The Morgan fingerprint density at radius 1 is 1.20 bits per heavy atom. The van der Waals surface area contributed by atoms with E-state index in [0.717, 1.165) is 25.7 Å². The molecule has 1 aromatic rings. The molecule has 0 aliphatic carbocycles. The normalized spacial score (nSPS) is 12.2. The van der Waals surface area contributed by atoms with E-state index < -0.39 is 0 Å². The number of nitrogens with one attached hydrogen (secondary N) is 1. The second-order valence-corrected chi connectivity index (χ2v) is 5.20. The largest absolute Gasteiger partial charge is 0.490 e. The van der Waals surface area contributed by atoms with Gasteiger partial charge < -0.3 is 10.1 Å². The Labute approximate surface area is 122 Å². The first-order valence-corrected chi connectivity index (χ1v) is 7.68. The Kier molecular flexibility index (Phi) is 7.13. The van der Waals surface area contributed by atoms with Crippen LogP contribution < -0.4 is 10.1 Å². The molecule has 0 bridgehead atoms. The number of carbonyl (C=O) groups excluding carboxylic acids is 1. The Morgan fingerprint density at radius 3 is 2.45 bits per heavy atom. The lowest BCUT2D eigenvalue weighted by atomic mass is 10.1. The predicted octanol–water partition coefficient (Wildman–Crippen LogP) is 4.17. The first-order chi connectivity index (χ1) is 9.62. The van der Waals surface area contributed by atoms with Crippen molar-refractivity contribution in [2.45, 2.75) is 65.5 Å². The third-order valence-electron chi connectivity index (χ3n) is 3.48. The van der Waals surface area contributed by atoms with E-state index in [-0.39, 0.29) is 18.1 Å². The summed E-state index contributed by atoms with van der Waals surface area (Å²) >= 11 is 0. The van der Waals surface area contributed by atoms with Crippen LogP contribution in [0.4, 0.5) is 0 Å². The maximum Gasteiger partial charge on any atom is 0.255 e. The molecular formula is C17H27NO2. The summed E-state index contributed by atoms with van der Waals surface area (Å²) in [6.45, 7) is 8.34. The molecule has 0 aliphatic rings. The van der Waals surface area contributed by atoms with E-state index in [1.165, 1.54) is 0 Å². The van der Waals surface area contributed by atoms with E-state index in [1.54, 1.807) is 0 Å². The first kappa shape index (κ1) is 16.5. The molecule has 3 heteroatoms. The highest BCUT2D eigenvalue weighted by atomic mass is 16.5. The van der Waals surface area contributed by atoms with Crippen molar-refractivity contribution in [2.24, 2.45) is 0 Å². The van der Waals surface area contributed by atoms with Crippen molar-refractivity contribution in [1.29, 1.82) is 0 Å². The number of hydrogen-bond donors (Lipinski definition) is 1. The van der Waals surface area contributed by atoms with Crippen LogP contribution in [0.1, 0.15) is 63.7 Å². The minimum Gasteiger partial charge on any atom is -0.490 e. The van der Waals surface area contributed by atoms with Gasteiger partial charge in [0.1, 0.15) is 5.75 Å². The van der Waals surface area contributed by atoms with Crippen molar-refractivity contribution in [3.63, 3.8) is 0 Å². The van der Waals surface area contributed by atoms with Crippen LogP contribution in [0, 0.1) is 0 Å². The van der Waals surface area contributed by atoms with E-state index in [9.17, 15) is 4.79 Å². The Hall–Kier alpha value is -1.51. The summed E-state index contributed by atoms with van der Waals surface area (Å²) in [4.78, 5) is 12.3. The fraction of sp³-hybridized carbons (Fsp3) is 0.588. The summed E-state index contributed by atoms with van der Waals surface area (Å²) in [5.74, 6) is 0.634. The fourth-order valence-corrected chi connectivity index (χ4v) is 2.20. The molecule has 0 aliphatic heterocycles. The van der Waals surface area contributed by atoms with Gasteiger partial charge in [-0.1, -0.05) is 39.3 Å². The SMILES string of the molecule is CCC[C@H](C)Oc1ccccc1C(=O)NC(CC)CC. The molecule has 1 N–H and O–H groups in total. The summed E-state index contributed by atoms with van der Waals surface area (Å²) in [5.41, 5.74) is 0.627. The van der Waals surface area contributed by atoms with Crippen LogP contribution in [0.3, 0.4) is 0 Å². The van der Waals surface area contributed by atoms with Crippen LogP contribution in [0.5, 0.6) is 5.75 Å². The highest BCUT2D eigenvalue weighted by Crippen LogP contribution is 2.20. The van der Waals surface area contributed by atoms with E-state index in [4.69, 9.17) is 4.74 Å². The molecule has 1 rings (SSSR count). The van der Waals surface area contributed by atoms with Crippen LogP contribution in [0.25, 0.3) is 0 Å². The quantitative estimate of drug-likeness (QED) is 0.774. The molecule has 0 spiro atoms. The molecule has 0 saturated carbocycles. The van der Waals surface area contributed by atoms with Gasteiger partial charge in [-0.25, -0.2) is 0 Å². The molecule has 0 unspecified atom stereocenters. The zero-order chi connectivity index (χ0) is 15.0. The highest BCUT2D eigenvalue weighted by molar-refractivity contribution is 5.97. The number of ether oxygens (including phenoxy) is 1. The minimum atomic E-state index is -0.0435. The van der Waals surface area contributed by atoms with Gasteiger partial charge in [0.25, 0.3) is 5.91 Å². The number of hydrogen-bond acceptors (Lipinski definition) is 2. The van der Waals surface area contributed by atoms with Crippen LogP contribution in [0.2, 0.25) is 0 Å². The maximum atomic E-state index is 12.3. The molecule has 0 aromatic heterocycles. The molecule has 1 atom stereocenters. The lowest BCUT2D eigenvalue weighted by Gasteiger charge is -2.19. The van der Waals surface area contributed by atoms with Gasteiger partial charge in [0.2, 0.25) is 0 Å². The van der Waals surface area contributed by atoms with Crippen LogP contribution >= 0.6 is 0 Å². The van der Waals surface area contributed by atoms with Crippen molar-refractivity contribution < 1.29 is 9.53 Å². The van der Waals surface area contributed by atoms with Crippen LogP contribution in [-0.4, -0.2) is 18.1 Å². The number of rotatable bonds is 8. The fourth-order valence-electron chi connectivity index (χ4n) is 2.20. The van der Waals surface area contributed by atoms with Gasteiger partial charge in [-0.15, -0.1) is 0 Å². The Balaban J connectivity index is 2.81. The van der Waals surface area contributed by atoms with Gasteiger partial charge in [0, 0.05) is 6.04 Å². The molecule has 0 radical (unpaired) electrons. The lowest BCUT2D eigenvalue weighted by Crippen LogP contribution is -2.34. The van der Waals surface area contributed by atoms with Crippen molar-refractivity contribution in [2.75, 3.05) is 0 Å². The van der Waals surface area contributed by atoms with Gasteiger partial charge in [-0.2, -0.15) is 0 Å². The highest BCUT2D eigenvalue weighted by Gasteiger charge is 2.16. The van der Waals surface area contributed by atoms with Crippen LogP contribution in [0.15, 0.2) is 24.3 Å². The number of carbonyl (C=O) groups is 1. The zero-order valence-electron chi connectivity index (χ0n) is 13.1. The number of para-hydroxylation sites is 1. The molecule has 1 amide bonds. The molecule has 1 aromatic carbocycles. The third kappa shape index (κ3) is 4.87. The average Bonchev–Trinajstić information content (AvgIpc) is 2.45. The van der Waals surface area contributed by atoms with Gasteiger partial charge in [-0.3, -0.25) is 4.79 Å². The summed E-state index contributed by atoms with van der Waals surface area (Å²) in [5, 5.41) is 3.06. The van der Waals surface area contributed by atoms with Gasteiger partial charge in [-0.05, 0) is 38.3 Å². The second-order valence-electron chi connectivity index (χ2n) is 5.20. The predicted molar refractivity (Wildman–Crippen MR) is 83.3 cm³/mol. The summed E-state index contributed by atoms with van der Waals surface area (Å²) in [6.07, 6.45) is 4.07. The van der Waals surface area contributed by atoms with E-state index in [2.05, 4.69) is 26.1 Å². The molecule has 20 heavy (non-hydrogen) atoms.